The second-order valence-corrected chi connectivity index (χ2v) is 4.46. The minimum Gasteiger partial charge on any atom is -0.334 e. The van der Waals surface area contributed by atoms with Crippen LogP contribution in [-0.2, 0) is 0 Å². The van der Waals surface area contributed by atoms with E-state index in [1.165, 1.54) is 25.1 Å². The highest BCUT2D eigenvalue weighted by molar-refractivity contribution is 5.97. The van der Waals surface area contributed by atoms with E-state index in [0.717, 1.165) is 0 Å². The number of nitriles is 1. The molecule has 1 N–H and O–H groups in total. The molecule has 1 rings (SSSR count). The van der Waals surface area contributed by atoms with Crippen molar-refractivity contribution in [3.05, 3.63) is 39.4 Å². The van der Waals surface area contributed by atoms with Crippen LogP contribution >= 0.6 is 0 Å². The Morgan fingerprint density at radius 3 is 2.68 bits per heavy atom. The van der Waals surface area contributed by atoms with Crippen LogP contribution in [0.2, 0.25) is 0 Å². The number of amides is 1. The van der Waals surface area contributed by atoms with Crippen LogP contribution in [0.25, 0.3) is 0 Å². The summed E-state index contributed by atoms with van der Waals surface area (Å²) in [5, 5.41) is 22.4. The molecule has 6 nitrogen and oxygen atoms in total. The fourth-order valence-electron chi connectivity index (χ4n) is 1.58. The van der Waals surface area contributed by atoms with Crippen molar-refractivity contribution in [2.75, 3.05) is 0 Å². The summed E-state index contributed by atoms with van der Waals surface area (Å²) in [4.78, 5) is 22.4. The Kier molecular flexibility index (Phi) is 4.22. The summed E-state index contributed by atoms with van der Waals surface area (Å²) < 4.78 is 0. The lowest BCUT2D eigenvalue weighted by molar-refractivity contribution is -0.385. The van der Waals surface area contributed by atoms with Crippen LogP contribution in [0.5, 0.6) is 0 Å². The van der Waals surface area contributed by atoms with Crippen molar-refractivity contribution in [2.45, 2.75) is 32.7 Å². The van der Waals surface area contributed by atoms with E-state index in [1.807, 2.05) is 6.07 Å². The average molecular weight is 261 g/mol. The molecule has 1 amide bonds. The number of carbonyl (C=O) groups excluding carboxylic acids is 1. The van der Waals surface area contributed by atoms with Gasteiger partial charge in [0.25, 0.3) is 11.6 Å². The monoisotopic (exact) mass is 261 g/mol. The minimum atomic E-state index is -0.978. The highest BCUT2D eigenvalue weighted by Crippen LogP contribution is 2.21. The van der Waals surface area contributed by atoms with Gasteiger partial charge in [-0.05, 0) is 26.3 Å². The first kappa shape index (κ1) is 14.6. The standard InChI is InChI=1S/C13H15N3O3/c1-4-13(3,8-14)15-12(17)10-6-5-7-11(9(10)2)16(18)19/h5-7H,4H2,1-3H3,(H,15,17). The molecule has 0 fully saturated rings. The van der Waals surface area contributed by atoms with Crippen molar-refractivity contribution in [3.63, 3.8) is 0 Å². The summed E-state index contributed by atoms with van der Waals surface area (Å²) in [5.74, 6) is -0.480. The third kappa shape index (κ3) is 3.07. The van der Waals surface area contributed by atoms with Gasteiger partial charge in [-0.2, -0.15) is 5.26 Å². The minimum absolute atomic E-state index is 0.109. The maximum absolute atomic E-state index is 12.1. The first-order valence-electron chi connectivity index (χ1n) is 5.82. The number of nitrogens with one attached hydrogen (secondary N) is 1. The normalized spacial score (nSPS) is 13.2. The van der Waals surface area contributed by atoms with Gasteiger partial charge in [0.15, 0.2) is 0 Å². The molecule has 0 bridgehead atoms. The first-order valence-corrected chi connectivity index (χ1v) is 5.82. The Morgan fingerprint density at radius 1 is 1.58 bits per heavy atom. The summed E-state index contributed by atoms with van der Waals surface area (Å²) in [6.07, 6.45) is 0.448. The fraction of sp³-hybridized carbons (Fsp3) is 0.385. The van der Waals surface area contributed by atoms with Crippen LogP contribution in [0.15, 0.2) is 18.2 Å². The largest absolute Gasteiger partial charge is 0.334 e. The number of carbonyl (C=O) groups is 1. The summed E-state index contributed by atoms with van der Waals surface area (Å²) in [5.41, 5.74) is -0.581. The van der Waals surface area contributed by atoms with Crippen molar-refractivity contribution < 1.29 is 9.72 Å². The predicted octanol–water partition coefficient (Wildman–Crippen LogP) is 2.33. The van der Waals surface area contributed by atoms with E-state index in [-0.39, 0.29) is 11.3 Å². The number of hydrogen-bond donors (Lipinski definition) is 1. The molecule has 1 atom stereocenters. The van der Waals surface area contributed by atoms with Crippen LogP contribution in [0, 0.1) is 28.4 Å². The Hall–Kier alpha value is -2.42. The third-order valence-electron chi connectivity index (χ3n) is 3.09. The fourth-order valence-corrected chi connectivity index (χ4v) is 1.58. The van der Waals surface area contributed by atoms with Crippen molar-refractivity contribution in [1.82, 2.24) is 5.32 Å². The van der Waals surface area contributed by atoms with E-state index < -0.39 is 16.4 Å². The second-order valence-electron chi connectivity index (χ2n) is 4.46. The average Bonchev–Trinajstić information content (AvgIpc) is 2.38. The van der Waals surface area contributed by atoms with E-state index in [0.29, 0.717) is 12.0 Å². The molecule has 0 heterocycles. The van der Waals surface area contributed by atoms with Crippen molar-refractivity contribution in [3.8, 4) is 6.07 Å². The smallest absolute Gasteiger partial charge is 0.273 e. The molecule has 0 saturated carbocycles. The summed E-state index contributed by atoms with van der Waals surface area (Å²) in [6.45, 7) is 4.91. The number of rotatable bonds is 4. The zero-order chi connectivity index (χ0) is 14.6. The number of nitro groups is 1. The lowest BCUT2D eigenvalue weighted by Gasteiger charge is -2.21. The van der Waals surface area contributed by atoms with Crippen LogP contribution in [0.4, 0.5) is 5.69 Å². The predicted molar refractivity (Wildman–Crippen MR) is 69.6 cm³/mol. The lowest BCUT2D eigenvalue weighted by atomic mass is 9.99. The molecule has 0 aliphatic carbocycles. The molecule has 6 heteroatoms. The summed E-state index contributed by atoms with van der Waals surface area (Å²) in [6, 6.07) is 6.32. The Labute approximate surface area is 111 Å². The molecule has 0 aliphatic heterocycles. The van der Waals surface area contributed by atoms with E-state index >= 15 is 0 Å². The van der Waals surface area contributed by atoms with Gasteiger partial charge in [0.2, 0.25) is 0 Å². The van der Waals surface area contributed by atoms with Gasteiger partial charge in [0, 0.05) is 17.2 Å². The number of benzene rings is 1. The molecule has 100 valence electrons. The highest BCUT2D eigenvalue weighted by Gasteiger charge is 2.26. The molecular weight excluding hydrogens is 246 g/mol. The lowest BCUT2D eigenvalue weighted by Crippen LogP contribution is -2.44. The van der Waals surface area contributed by atoms with Gasteiger partial charge >= 0.3 is 0 Å². The number of hydrogen-bond acceptors (Lipinski definition) is 4. The van der Waals surface area contributed by atoms with Gasteiger partial charge < -0.3 is 5.32 Å². The van der Waals surface area contributed by atoms with Crippen LogP contribution < -0.4 is 5.32 Å². The zero-order valence-electron chi connectivity index (χ0n) is 11.1. The zero-order valence-corrected chi connectivity index (χ0v) is 11.1. The summed E-state index contributed by atoms with van der Waals surface area (Å²) >= 11 is 0. The second kappa shape index (κ2) is 5.48. The molecular formula is C13H15N3O3. The molecule has 1 aromatic carbocycles. The quantitative estimate of drug-likeness (QED) is 0.664. The van der Waals surface area contributed by atoms with E-state index in [1.54, 1.807) is 13.8 Å². The molecule has 1 unspecified atom stereocenters. The van der Waals surface area contributed by atoms with Gasteiger partial charge in [0.1, 0.15) is 5.54 Å². The van der Waals surface area contributed by atoms with Crippen LogP contribution in [-0.4, -0.2) is 16.4 Å². The van der Waals surface area contributed by atoms with Crippen molar-refractivity contribution in [1.29, 1.82) is 5.26 Å². The first-order chi connectivity index (χ1) is 8.84. The maximum Gasteiger partial charge on any atom is 0.273 e. The highest BCUT2D eigenvalue weighted by atomic mass is 16.6. The van der Waals surface area contributed by atoms with Gasteiger partial charge in [-0.3, -0.25) is 14.9 Å². The molecule has 0 aliphatic rings. The number of nitrogens with zero attached hydrogens (tertiary/aromatic N) is 2. The van der Waals surface area contributed by atoms with E-state index in [2.05, 4.69) is 5.32 Å². The number of nitro benzene ring substituents is 1. The van der Waals surface area contributed by atoms with Gasteiger partial charge in [0.05, 0.1) is 11.0 Å². The Morgan fingerprint density at radius 2 is 2.21 bits per heavy atom. The summed E-state index contributed by atoms with van der Waals surface area (Å²) in [7, 11) is 0. The molecule has 0 aromatic heterocycles. The Bertz CT molecular complexity index is 563. The Balaban J connectivity index is 3.12. The van der Waals surface area contributed by atoms with E-state index in [9.17, 15) is 14.9 Å². The maximum atomic E-state index is 12.1. The molecule has 0 saturated heterocycles. The molecule has 0 spiro atoms. The van der Waals surface area contributed by atoms with Crippen molar-refractivity contribution in [2.24, 2.45) is 0 Å². The third-order valence-corrected chi connectivity index (χ3v) is 3.09. The SMILES string of the molecule is CCC(C)(C#N)NC(=O)c1cccc([N+](=O)[O-])c1C. The van der Waals surface area contributed by atoms with Crippen LogP contribution in [0.1, 0.15) is 36.2 Å². The van der Waals surface area contributed by atoms with Gasteiger partial charge in [-0.15, -0.1) is 0 Å². The van der Waals surface area contributed by atoms with Gasteiger partial charge in [-0.1, -0.05) is 13.0 Å². The topological polar surface area (TPSA) is 96.0 Å². The van der Waals surface area contributed by atoms with Crippen molar-refractivity contribution >= 4 is 11.6 Å². The van der Waals surface area contributed by atoms with E-state index in [4.69, 9.17) is 5.26 Å². The van der Waals surface area contributed by atoms with Crippen LogP contribution in [0.3, 0.4) is 0 Å². The van der Waals surface area contributed by atoms with Gasteiger partial charge in [-0.25, -0.2) is 0 Å². The molecule has 19 heavy (non-hydrogen) atoms. The molecule has 0 radical (unpaired) electrons. The molecule has 1 aromatic rings.